The van der Waals surface area contributed by atoms with Crippen molar-refractivity contribution in [2.45, 2.75) is 31.3 Å². The van der Waals surface area contributed by atoms with E-state index < -0.39 is 41.2 Å². The Morgan fingerprint density at radius 2 is 1.82 bits per heavy atom. The van der Waals surface area contributed by atoms with Gasteiger partial charge in [-0.05, 0) is 18.1 Å². The third kappa shape index (κ3) is 4.52. The van der Waals surface area contributed by atoms with Gasteiger partial charge in [-0.2, -0.15) is 0 Å². The average Bonchev–Trinajstić information content (AvgIpc) is 2.65. The molecule has 150 valence electrons. The van der Waals surface area contributed by atoms with Crippen molar-refractivity contribution in [1.82, 2.24) is 10.2 Å². The van der Waals surface area contributed by atoms with Gasteiger partial charge >= 0.3 is 5.97 Å². The van der Waals surface area contributed by atoms with E-state index >= 15 is 0 Å². The van der Waals surface area contributed by atoms with E-state index in [0.717, 1.165) is 6.92 Å². The van der Waals surface area contributed by atoms with Crippen molar-refractivity contribution in [3.63, 3.8) is 0 Å². The zero-order valence-electron chi connectivity index (χ0n) is 15.3. The van der Waals surface area contributed by atoms with Gasteiger partial charge < -0.3 is 21.3 Å². The summed E-state index contributed by atoms with van der Waals surface area (Å²) in [5, 5.41) is 18.9. The molecule has 10 heteroatoms. The lowest BCUT2D eigenvalue weighted by atomic mass is 10.0. The summed E-state index contributed by atoms with van der Waals surface area (Å²) < 4.78 is 0. The summed E-state index contributed by atoms with van der Waals surface area (Å²) in [6, 6.07) is 7.23. The molecule has 2 heterocycles. The van der Waals surface area contributed by atoms with Crippen LogP contribution in [0, 0.1) is 0 Å². The van der Waals surface area contributed by atoms with Crippen LogP contribution in [-0.2, 0) is 19.2 Å². The van der Waals surface area contributed by atoms with Gasteiger partial charge in [-0.25, -0.2) is 4.79 Å². The summed E-state index contributed by atoms with van der Waals surface area (Å²) in [6.07, 6.45) is 0. The zero-order chi connectivity index (χ0) is 21.0. The smallest absolute Gasteiger partial charge is 0.352 e. The van der Waals surface area contributed by atoms with Gasteiger partial charge in [-0.15, -0.1) is 11.8 Å². The molecule has 0 aliphatic carbocycles. The summed E-state index contributed by atoms with van der Waals surface area (Å²) in [7, 11) is 0. The zero-order valence-corrected chi connectivity index (χ0v) is 16.1. The SMILES string of the molecule is CC(=O)O.CC1=C(C(=O)O)N2C(=O)[C@@H](NC(=O)[C@H](N)c3ccccc3)[C@H]2SC1. The second kappa shape index (κ2) is 8.89. The first-order valence-electron chi connectivity index (χ1n) is 8.33. The molecule has 0 aromatic heterocycles. The number of aliphatic carboxylic acids is 2. The van der Waals surface area contributed by atoms with Gasteiger partial charge in [0.25, 0.3) is 11.9 Å². The maximum atomic E-state index is 12.3. The number of thioether (sulfide) groups is 1. The molecule has 2 aliphatic heterocycles. The summed E-state index contributed by atoms with van der Waals surface area (Å²) in [5.41, 5.74) is 7.24. The van der Waals surface area contributed by atoms with Crippen LogP contribution < -0.4 is 11.1 Å². The molecule has 2 amide bonds. The normalized spacial score (nSPS) is 21.5. The molecule has 28 heavy (non-hydrogen) atoms. The largest absolute Gasteiger partial charge is 0.481 e. The Kier molecular flexibility index (Phi) is 6.81. The number of carboxylic acids is 2. The van der Waals surface area contributed by atoms with Gasteiger partial charge in [0.1, 0.15) is 23.2 Å². The van der Waals surface area contributed by atoms with Gasteiger partial charge in [-0.1, -0.05) is 30.3 Å². The number of benzene rings is 1. The van der Waals surface area contributed by atoms with Crippen molar-refractivity contribution in [2.24, 2.45) is 5.73 Å². The summed E-state index contributed by atoms with van der Waals surface area (Å²) in [5.74, 6) is -2.33. The quantitative estimate of drug-likeness (QED) is 0.528. The Labute approximate surface area is 165 Å². The maximum Gasteiger partial charge on any atom is 0.352 e. The Hall–Kier alpha value is -2.85. The van der Waals surface area contributed by atoms with Crippen molar-refractivity contribution >= 4 is 35.5 Å². The third-order valence-corrected chi connectivity index (χ3v) is 5.52. The molecular weight excluding hydrogens is 386 g/mol. The monoisotopic (exact) mass is 407 g/mol. The van der Waals surface area contributed by atoms with Crippen LogP contribution in [0.5, 0.6) is 0 Å². The number of fused-ring (bicyclic) bond motifs is 1. The Balaban J connectivity index is 0.000000640. The lowest BCUT2D eigenvalue weighted by molar-refractivity contribution is -0.150. The van der Waals surface area contributed by atoms with Crippen LogP contribution in [0.2, 0.25) is 0 Å². The molecule has 1 saturated heterocycles. The first-order chi connectivity index (χ1) is 13.1. The van der Waals surface area contributed by atoms with E-state index in [2.05, 4.69) is 5.32 Å². The summed E-state index contributed by atoms with van der Waals surface area (Å²) in [6.45, 7) is 2.77. The van der Waals surface area contributed by atoms with E-state index in [0.29, 0.717) is 16.9 Å². The van der Waals surface area contributed by atoms with E-state index in [1.165, 1.54) is 16.7 Å². The van der Waals surface area contributed by atoms with Gasteiger partial charge in [0, 0.05) is 12.7 Å². The number of nitrogens with one attached hydrogen (secondary N) is 1. The first kappa shape index (κ1) is 21.5. The molecule has 0 spiro atoms. The highest BCUT2D eigenvalue weighted by Crippen LogP contribution is 2.40. The highest BCUT2D eigenvalue weighted by atomic mass is 32.2. The molecule has 1 aromatic rings. The van der Waals surface area contributed by atoms with Crippen LogP contribution in [0.4, 0.5) is 0 Å². The van der Waals surface area contributed by atoms with E-state index in [-0.39, 0.29) is 5.70 Å². The minimum atomic E-state index is -1.13. The molecule has 0 bridgehead atoms. The van der Waals surface area contributed by atoms with Crippen LogP contribution in [0.1, 0.15) is 25.5 Å². The van der Waals surface area contributed by atoms with E-state index in [1.807, 2.05) is 6.07 Å². The highest BCUT2D eigenvalue weighted by Gasteiger charge is 2.53. The third-order valence-electron chi connectivity index (χ3n) is 4.10. The van der Waals surface area contributed by atoms with Crippen LogP contribution in [0.3, 0.4) is 0 Å². The number of amides is 2. The topological polar surface area (TPSA) is 150 Å². The van der Waals surface area contributed by atoms with E-state index in [9.17, 15) is 19.5 Å². The van der Waals surface area contributed by atoms with E-state index in [4.69, 9.17) is 15.6 Å². The Morgan fingerprint density at radius 3 is 2.36 bits per heavy atom. The summed E-state index contributed by atoms with van der Waals surface area (Å²) >= 11 is 1.43. The fourth-order valence-corrected chi connectivity index (χ4v) is 4.12. The average molecular weight is 407 g/mol. The molecule has 5 N–H and O–H groups in total. The van der Waals surface area contributed by atoms with Crippen molar-refractivity contribution in [1.29, 1.82) is 0 Å². The predicted octanol–water partition coefficient (Wildman–Crippen LogP) is 0.536. The first-order valence-corrected chi connectivity index (χ1v) is 9.38. The van der Waals surface area contributed by atoms with Crippen molar-refractivity contribution in [2.75, 3.05) is 5.75 Å². The number of carbonyl (C=O) groups is 4. The molecule has 0 unspecified atom stereocenters. The van der Waals surface area contributed by atoms with E-state index in [1.54, 1.807) is 31.2 Å². The number of nitrogens with two attached hydrogens (primary N) is 1. The van der Waals surface area contributed by atoms with Gasteiger partial charge in [-0.3, -0.25) is 19.3 Å². The minimum Gasteiger partial charge on any atom is -0.481 e. The van der Waals surface area contributed by atoms with Crippen LogP contribution in [0.15, 0.2) is 41.6 Å². The number of carboxylic acid groups (broad SMARTS) is 2. The molecule has 0 saturated carbocycles. The summed E-state index contributed by atoms with van der Waals surface area (Å²) in [4.78, 5) is 46.2. The maximum absolute atomic E-state index is 12.3. The molecule has 0 radical (unpaired) electrons. The van der Waals surface area contributed by atoms with Crippen LogP contribution in [0.25, 0.3) is 0 Å². The molecule has 2 aliphatic rings. The number of β-lactam (4-membered cyclic amide) rings is 1. The molecule has 1 fully saturated rings. The lowest BCUT2D eigenvalue weighted by Crippen LogP contribution is -2.71. The number of nitrogens with zero attached hydrogens (tertiary/aromatic N) is 1. The highest BCUT2D eigenvalue weighted by molar-refractivity contribution is 8.00. The van der Waals surface area contributed by atoms with Gasteiger partial charge in [0.15, 0.2) is 0 Å². The Morgan fingerprint density at radius 1 is 1.25 bits per heavy atom. The van der Waals surface area contributed by atoms with Gasteiger partial charge in [0.2, 0.25) is 5.91 Å². The fraction of sp³-hybridized carbons (Fsp3) is 0.333. The van der Waals surface area contributed by atoms with Crippen molar-refractivity contribution < 1.29 is 29.4 Å². The minimum absolute atomic E-state index is 0.0154. The van der Waals surface area contributed by atoms with Crippen LogP contribution >= 0.6 is 11.8 Å². The van der Waals surface area contributed by atoms with Crippen LogP contribution in [-0.4, -0.2) is 56.0 Å². The number of hydrogen-bond acceptors (Lipinski definition) is 6. The fourth-order valence-electron chi connectivity index (χ4n) is 2.83. The molecule has 3 atom stereocenters. The predicted molar refractivity (Wildman–Crippen MR) is 102 cm³/mol. The standard InChI is InChI=1S/C16H17N3O4S.C2H4O2/c1-8-7-24-15-11(14(21)19(15)12(8)16(22)23)18-13(20)10(17)9-5-3-2-4-6-9;1-2(3)4/h2-6,10-11,15H,7,17H2,1H3,(H,18,20)(H,22,23);1H3,(H,3,4)/t10-,11-,15-;/m1./s1. The molecule has 1 aromatic carbocycles. The van der Waals surface area contributed by atoms with Gasteiger partial charge in [0.05, 0.1) is 0 Å². The molecule has 3 rings (SSSR count). The molecule has 9 nitrogen and oxygen atoms in total. The number of hydrogen-bond donors (Lipinski definition) is 4. The lowest BCUT2D eigenvalue weighted by Gasteiger charge is -2.49. The molecular formula is C18H21N3O6S. The Bertz CT molecular complexity index is 822. The van der Waals surface area contributed by atoms with Crippen molar-refractivity contribution in [3.8, 4) is 0 Å². The van der Waals surface area contributed by atoms with Crippen molar-refractivity contribution in [3.05, 3.63) is 47.2 Å². The number of carbonyl (C=O) groups excluding carboxylic acids is 2. The second-order valence-corrected chi connectivity index (χ2v) is 7.34. The second-order valence-electron chi connectivity index (χ2n) is 6.24. The number of rotatable bonds is 4.